The van der Waals surface area contributed by atoms with E-state index in [1.807, 2.05) is 6.33 Å². The van der Waals surface area contributed by atoms with Crippen LogP contribution in [0.5, 0.6) is 5.75 Å². The highest BCUT2D eigenvalue weighted by molar-refractivity contribution is 5.89. The molecular formula is C26H30N4O2. The number of imidazole rings is 1. The van der Waals surface area contributed by atoms with Gasteiger partial charge in [-0.05, 0) is 54.7 Å². The second-order valence-corrected chi connectivity index (χ2v) is 10.3. The zero-order chi connectivity index (χ0) is 22.0. The summed E-state index contributed by atoms with van der Waals surface area (Å²) in [5, 5.41) is 6.50. The van der Waals surface area contributed by atoms with Crippen LogP contribution < -0.4 is 15.4 Å². The van der Waals surface area contributed by atoms with Gasteiger partial charge in [0.2, 0.25) is 5.91 Å². The number of nitrogens with one attached hydrogen (secondary N) is 2. The Hall–Kier alpha value is -3.02. The average Bonchev–Trinajstić information content (AvgIpc) is 3.23. The van der Waals surface area contributed by atoms with Crippen LogP contribution in [0.3, 0.4) is 0 Å². The Morgan fingerprint density at radius 1 is 1.16 bits per heavy atom. The summed E-state index contributed by atoms with van der Waals surface area (Å²) in [5.41, 5.74) is 7.03. The van der Waals surface area contributed by atoms with Gasteiger partial charge in [0.25, 0.3) is 0 Å². The first-order chi connectivity index (χ1) is 15.4. The third kappa shape index (κ3) is 3.24. The van der Waals surface area contributed by atoms with E-state index in [0.29, 0.717) is 19.0 Å². The highest BCUT2D eigenvalue weighted by atomic mass is 16.5. The molecule has 3 aromatic rings. The number of benzene rings is 2. The van der Waals surface area contributed by atoms with Crippen LogP contribution in [0.2, 0.25) is 0 Å². The van der Waals surface area contributed by atoms with Gasteiger partial charge in [0.05, 0.1) is 11.8 Å². The molecule has 6 nitrogen and oxygen atoms in total. The van der Waals surface area contributed by atoms with Gasteiger partial charge in [0.15, 0.2) is 0 Å². The van der Waals surface area contributed by atoms with E-state index in [1.54, 1.807) is 0 Å². The quantitative estimate of drug-likeness (QED) is 0.619. The Labute approximate surface area is 188 Å². The van der Waals surface area contributed by atoms with Gasteiger partial charge in [-0.1, -0.05) is 26.0 Å². The number of fused-ring (bicyclic) bond motifs is 2. The molecule has 2 aromatic carbocycles. The maximum atomic E-state index is 11.7. The number of hydrogen-bond acceptors (Lipinski definition) is 4. The molecule has 3 heterocycles. The highest BCUT2D eigenvalue weighted by Crippen LogP contribution is 2.43. The Balaban J connectivity index is 1.41. The largest absolute Gasteiger partial charge is 0.488 e. The third-order valence-electron chi connectivity index (χ3n) is 7.36. The smallest absolute Gasteiger partial charge is 0.220 e. The van der Waals surface area contributed by atoms with Gasteiger partial charge in [0.1, 0.15) is 17.4 Å². The van der Waals surface area contributed by atoms with Gasteiger partial charge in [-0.2, -0.15) is 0 Å². The fourth-order valence-electron chi connectivity index (χ4n) is 5.15. The standard InChI is InChI=1S/C26H30N4O2/c1-15(18-11-24(31)27-12-18)32-23-10-17(9-22-25(23)30(14-29-22)19-5-6-19)16-4-7-20-21(8-16)28-13-26(20,2)3/h4,7-10,14-15,18-19,28H,5-6,11-13H2,1-3H3,(H,27,31)/t15-,18?/m1/s1. The molecule has 1 aromatic heterocycles. The molecule has 0 radical (unpaired) electrons. The van der Waals surface area contributed by atoms with Crippen molar-refractivity contribution in [3.63, 3.8) is 0 Å². The maximum Gasteiger partial charge on any atom is 0.220 e. The van der Waals surface area contributed by atoms with E-state index in [2.05, 4.69) is 66.3 Å². The predicted molar refractivity (Wildman–Crippen MR) is 126 cm³/mol. The summed E-state index contributed by atoms with van der Waals surface area (Å²) in [6.45, 7) is 8.26. The minimum absolute atomic E-state index is 0.0579. The van der Waals surface area contributed by atoms with E-state index in [4.69, 9.17) is 9.72 Å². The molecule has 1 aliphatic carbocycles. The Morgan fingerprint density at radius 2 is 2.00 bits per heavy atom. The van der Waals surface area contributed by atoms with Crippen molar-refractivity contribution in [2.75, 3.05) is 18.4 Å². The number of amides is 1. The molecule has 2 aliphatic heterocycles. The Kier molecular flexibility index (Phi) is 4.29. The molecule has 6 heteroatoms. The van der Waals surface area contributed by atoms with Gasteiger partial charge in [-0.15, -0.1) is 0 Å². The summed E-state index contributed by atoms with van der Waals surface area (Å²) >= 11 is 0. The molecule has 1 unspecified atom stereocenters. The van der Waals surface area contributed by atoms with Crippen molar-refractivity contribution in [3.05, 3.63) is 42.2 Å². The number of carbonyl (C=O) groups excluding carboxylic acids is 1. The third-order valence-corrected chi connectivity index (χ3v) is 7.36. The zero-order valence-electron chi connectivity index (χ0n) is 18.9. The summed E-state index contributed by atoms with van der Waals surface area (Å²) in [7, 11) is 0. The van der Waals surface area contributed by atoms with Gasteiger partial charge in [-0.25, -0.2) is 4.98 Å². The molecule has 3 aliphatic rings. The van der Waals surface area contributed by atoms with Crippen LogP contribution in [-0.4, -0.2) is 34.7 Å². The molecule has 2 atom stereocenters. The van der Waals surface area contributed by atoms with Crippen LogP contribution in [-0.2, 0) is 10.2 Å². The van der Waals surface area contributed by atoms with Gasteiger partial charge in [0, 0.05) is 42.6 Å². The van der Waals surface area contributed by atoms with Crippen LogP contribution >= 0.6 is 0 Å². The zero-order valence-corrected chi connectivity index (χ0v) is 18.9. The fourth-order valence-corrected chi connectivity index (χ4v) is 5.15. The van der Waals surface area contributed by atoms with Crippen LogP contribution in [0.15, 0.2) is 36.7 Å². The number of anilines is 1. The molecule has 32 heavy (non-hydrogen) atoms. The summed E-state index contributed by atoms with van der Waals surface area (Å²) in [6.07, 6.45) is 4.80. The monoisotopic (exact) mass is 430 g/mol. The number of nitrogens with zero attached hydrogens (tertiary/aromatic N) is 2. The predicted octanol–water partition coefficient (Wildman–Crippen LogP) is 4.64. The number of carbonyl (C=O) groups is 1. The fraction of sp³-hybridized carbons (Fsp3) is 0.462. The highest BCUT2D eigenvalue weighted by Gasteiger charge is 2.32. The van der Waals surface area contributed by atoms with E-state index in [9.17, 15) is 4.79 Å². The molecule has 1 amide bonds. The first-order valence-electron chi connectivity index (χ1n) is 11.7. The summed E-state index contributed by atoms with van der Waals surface area (Å²) < 4.78 is 8.83. The van der Waals surface area contributed by atoms with Crippen LogP contribution in [0.4, 0.5) is 5.69 Å². The second kappa shape index (κ2) is 6.99. The number of ether oxygens (including phenoxy) is 1. The van der Waals surface area contributed by atoms with Crippen LogP contribution in [0.25, 0.3) is 22.2 Å². The number of aromatic nitrogens is 2. The van der Waals surface area contributed by atoms with Gasteiger partial charge < -0.3 is 19.9 Å². The molecule has 1 saturated carbocycles. The van der Waals surface area contributed by atoms with Crippen molar-refractivity contribution in [2.45, 2.75) is 57.6 Å². The Morgan fingerprint density at radius 3 is 2.75 bits per heavy atom. The second-order valence-electron chi connectivity index (χ2n) is 10.3. The molecular weight excluding hydrogens is 400 g/mol. The first kappa shape index (κ1) is 19.6. The lowest BCUT2D eigenvalue weighted by atomic mass is 9.86. The normalized spacial score (nSPS) is 22.5. The number of hydrogen-bond donors (Lipinski definition) is 2. The number of rotatable bonds is 5. The van der Waals surface area contributed by atoms with E-state index >= 15 is 0 Å². The minimum Gasteiger partial charge on any atom is -0.488 e. The molecule has 2 fully saturated rings. The van der Waals surface area contributed by atoms with Crippen molar-refractivity contribution in [1.82, 2.24) is 14.9 Å². The van der Waals surface area contributed by atoms with E-state index in [0.717, 1.165) is 34.5 Å². The van der Waals surface area contributed by atoms with Crippen molar-refractivity contribution >= 4 is 22.6 Å². The van der Waals surface area contributed by atoms with Crippen molar-refractivity contribution in [1.29, 1.82) is 0 Å². The average molecular weight is 431 g/mol. The van der Waals surface area contributed by atoms with E-state index in [1.165, 1.54) is 24.1 Å². The molecule has 0 spiro atoms. The van der Waals surface area contributed by atoms with Crippen molar-refractivity contribution in [2.24, 2.45) is 5.92 Å². The Bertz CT molecular complexity index is 1220. The van der Waals surface area contributed by atoms with Crippen molar-refractivity contribution in [3.8, 4) is 16.9 Å². The lowest BCUT2D eigenvalue weighted by Gasteiger charge is -2.21. The summed E-state index contributed by atoms with van der Waals surface area (Å²) in [4.78, 5) is 16.5. The van der Waals surface area contributed by atoms with Crippen LogP contribution in [0, 0.1) is 5.92 Å². The SMILES string of the molecule is C[C@@H](Oc1cc(-c2ccc3c(c2)NCC3(C)C)cc2ncn(C3CC3)c12)C1CNC(=O)C1. The lowest BCUT2D eigenvalue weighted by Crippen LogP contribution is -2.25. The molecule has 6 rings (SSSR count). The first-order valence-corrected chi connectivity index (χ1v) is 11.7. The molecule has 0 bridgehead atoms. The molecule has 1 saturated heterocycles. The lowest BCUT2D eigenvalue weighted by molar-refractivity contribution is -0.119. The van der Waals surface area contributed by atoms with Crippen molar-refractivity contribution < 1.29 is 9.53 Å². The van der Waals surface area contributed by atoms with E-state index in [-0.39, 0.29) is 23.3 Å². The van der Waals surface area contributed by atoms with Crippen LogP contribution in [0.1, 0.15) is 51.6 Å². The molecule has 2 N–H and O–H groups in total. The van der Waals surface area contributed by atoms with Gasteiger partial charge >= 0.3 is 0 Å². The molecule has 166 valence electrons. The maximum absolute atomic E-state index is 11.7. The topological polar surface area (TPSA) is 68.2 Å². The van der Waals surface area contributed by atoms with E-state index < -0.39 is 0 Å². The summed E-state index contributed by atoms with van der Waals surface area (Å²) in [6, 6.07) is 11.6. The van der Waals surface area contributed by atoms with Gasteiger partial charge in [-0.3, -0.25) is 4.79 Å². The minimum atomic E-state index is -0.0579. The summed E-state index contributed by atoms with van der Waals surface area (Å²) in [5.74, 6) is 1.16.